The van der Waals surface area contributed by atoms with E-state index in [9.17, 15) is 9.59 Å². The highest BCUT2D eigenvalue weighted by atomic mass is 32.1. The number of amides is 2. The van der Waals surface area contributed by atoms with Crippen molar-refractivity contribution in [2.45, 2.75) is 31.4 Å². The predicted molar refractivity (Wildman–Crippen MR) is 93.5 cm³/mol. The Balaban J connectivity index is 1.39. The highest BCUT2D eigenvalue weighted by Crippen LogP contribution is 2.34. The Kier molecular flexibility index (Phi) is 5.05. The van der Waals surface area contributed by atoms with Gasteiger partial charge in [0.2, 0.25) is 5.91 Å². The first kappa shape index (κ1) is 17.0. The molecule has 4 rings (SSSR count). The molecule has 6 nitrogen and oxygen atoms in total. The summed E-state index contributed by atoms with van der Waals surface area (Å²) in [6, 6.07) is 1.86. The number of nitrogens with one attached hydrogen (secondary N) is 1. The molecule has 0 radical (unpaired) electrons. The fourth-order valence-electron chi connectivity index (χ4n) is 4.11. The summed E-state index contributed by atoms with van der Waals surface area (Å²) in [6.45, 7) is 3.31. The molecule has 3 saturated heterocycles. The van der Waals surface area contributed by atoms with E-state index in [-0.39, 0.29) is 29.9 Å². The molecule has 2 amide bonds. The van der Waals surface area contributed by atoms with Crippen molar-refractivity contribution in [3.05, 3.63) is 22.4 Å². The van der Waals surface area contributed by atoms with Crippen LogP contribution in [0.15, 0.2) is 16.8 Å². The zero-order valence-corrected chi connectivity index (χ0v) is 15.0. The molecular weight excluding hydrogens is 340 g/mol. The van der Waals surface area contributed by atoms with Gasteiger partial charge < -0.3 is 19.7 Å². The van der Waals surface area contributed by atoms with Gasteiger partial charge in [0.1, 0.15) is 0 Å². The Hall–Kier alpha value is -1.44. The lowest BCUT2D eigenvalue weighted by atomic mass is 9.98. The Bertz CT molecular complexity index is 615. The van der Waals surface area contributed by atoms with Crippen molar-refractivity contribution in [1.29, 1.82) is 0 Å². The maximum atomic E-state index is 12.8. The number of fused-ring (bicyclic) bond motifs is 1. The monoisotopic (exact) mass is 364 g/mol. The number of ether oxygens (including phenoxy) is 2. The van der Waals surface area contributed by atoms with E-state index >= 15 is 0 Å². The van der Waals surface area contributed by atoms with Gasteiger partial charge in [-0.25, -0.2) is 0 Å². The molecule has 25 heavy (non-hydrogen) atoms. The van der Waals surface area contributed by atoms with E-state index in [2.05, 4.69) is 5.32 Å². The van der Waals surface area contributed by atoms with Gasteiger partial charge in [0.05, 0.1) is 23.6 Å². The summed E-state index contributed by atoms with van der Waals surface area (Å²) in [5.41, 5.74) is 0.707. The van der Waals surface area contributed by atoms with Crippen LogP contribution in [0.1, 0.15) is 29.6 Å². The topological polar surface area (TPSA) is 67.9 Å². The minimum absolute atomic E-state index is 0.0153. The number of likely N-dealkylation sites (tertiary alicyclic amines) is 1. The minimum atomic E-state index is -0.269. The number of thiophene rings is 1. The van der Waals surface area contributed by atoms with Crippen LogP contribution in [0, 0.1) is 11.8 Å². The quantitative estimate of drug-likeness (QED) is 0.880. The van der Waals surface area contributed by atoms with Gasteiger partial charge in [-0.05, 0) is 36.6 Å². The SMILES string of the molecule is O=C(NCC1CCOCC1)C1CN(C(=O)c2ccsc2)C2CCOC12. The fourth-order valence-corrected chi connectivity index (χ4v) is 4.74. The highest BCUT2D eigenvalue weighted by molar-refractivity contribution is 7.08. The van der Waals surface area contributed by atoms with Gasteiger partial charge in [-0.2, -0.15) is 11.3 Å². The van der Waals surface area contributed by atoms with Crippen molar-refractivity contribution in [2.24, 2.45) is 11.8 Å². The van der Waals surface area contributed by atoms with E-state index in [1.807, 2.05) is 21.7 Å². The number of rotatable bonds is 4. The molecule has 0 bridgehead atoms. The maximum absolute atomic E-state index is 12.8. The standard InChI is InChI=1S/C18H24N2O4S/c21-17(19-9-12-1-5-23-6-2-12)14-10-20(15-3-7-24-16(14)15)18(22)13-4-8-25-11-13/h4,8,11-12,14-16H,1-3,5-7,9-10H2,(H,19,21). The van der Waals surface area contributed by atoms with Crippen LogP contribution in [0.4, 0.5) is 0 Å². The predicted octanol–water partition coefficient (Wildman–Crippen LogP) is 1.52. The Labute approximate surface area is 151 Å². The van der Waals surface area contributed by atoms with Crippen molar-refractivity contribution in [2.75, 3.05) is 32.9 Å². The molecule has 3 aliphatic heterocycles. The molecule has 4 heterocycles. The second-order valence-electron chi connectivity index (χ2n) is 7.07. The molecule has 0 saturated carbocycles. The normalized spacial score (nSPS) is 29.6. The van der Waals surface area contributed by atoms with Gasteiger partial charge in [0, 0.05) is 38.3 Å². The Morgan fingerprint density at radius 2 is 2.08 bits per heavy atom. The third kappa shape index (κ3) is 3.45. The molecule has 3 atom stereocenters. The van der Waals surface area contributed by atoms with Crippen molar-refractivity contribution in [1.82, 2.24) is 10.2 Å². The highest BCUT2D eigenvalue weighted by Gasteiger charge is 2.50. The van der Waals surface area contributed by atoms with E-state index in [1.165, 1.54) is 11.3 Å². The fraction of sp³-hybridized carbons (Fsp3) is 0.667. The molecule has 1 N–H and O–H groups in total. The lowest BCUT2D eigenvalue weighted by molar-refractivity contribution is -0.128. The third-order valence-electron chi connectivity index (χ3n) is 5.57. The Morgan fingerprint density at radius 1 is 1.24 bits per heavy atom. The average Bonchev–Trinajstić information content (AvgIpc) is 3.36. The van der Waals surface area contributed by atoms with Crippen molar-refractivity contribution in [3.8, 4) is 0 Å². The summed E-state index contributed by atoms with van der Waals surface area (Å²) in [6.07, 6.45) is 2.63. The first-order valence-electron chi connectivity index (χ1n) is 9.04. The maximum Gasteiger partial charge on any atom is 0.255 e. The summed E-state index contributed by atoms with van der Waals surface area (Å²) in [5.74, 6) is 0.253. The summed E-state index contributed by atoms with van der Waals surface area (Å²) in [7, 11) is 0. The van der Waals surface area contributed by atoms with Crippen LogP contribution in [0.5, 0.6) is 0 Å². The molecule has 0 aromatic carbocycles. The molecule has 1 aromatic heterocycles. The lowest BCUT2D eigenvalue weighted by Crippen LogP contribution is -2.40. The second kappa shape index (κ2) is 7.43. The van der Waals surface area contributed by atoms with Gasteiger partial charge in [-0.3, -0.25) is 9.59 Å². The zero-order chi connectivity index (χ0) is 17.2. The molecule has 7 heteroatoms. The minimum Gasteiger partial charge on any atom is -0.381 e. The van der Waals surface area contributed by atoms with E-state index < -0.39 is 0 Å². The van der Waals surface area contributed by atoms with E-state index in [0.29, 0.717) is 31.2 Å². The van der Waals surface area contributed by atoms with Crippen LogP contribution in [0.2, 0.25) is 0 Å². The molecule has 3 aliphatic rings. The summed E-state index contributed by atoms with van der Waals surface area (Å²) < 4.78 is 11.2. The molecule has 0 aliphatic carbocycles. The smallest absolute Gasteiger partial charge is 0.255 e. The van der Waals surface area contributed by atoms with Crippen LogP contribution in [-0.2, 0) is 14.3 Å². The molecule has 3 unspecified atom stereocenters. The van der Waals surface area contributed by atoms with Crippen LogP contribution in [0.25, 0.3) is 0 Å². The lowest BCUT2D eigenvalue weighted by Gasteiger charge is -2.23. The molecular formula is C18H24N2O4S. The van der Waals surface area contributed by atoms with Crippen molar-refractivity contribution in [3.63, 3.8) is 0 Å². The first-order valence-corrected chi connectivity index (χ1v) is 9.98. The second-order valence-corrected chi connectivity index (χ2v) is 7.85. The summed E-state index contributed by atoms with van der Waals surface area (Å²) >= 11 is 1.51. The summed E-state index contributed by atoms with van der Waals surface area (Å²) in [4.78, 5) is 27.3. The van der Waals surface area contributed by atoms with Gasteiger partial charge in [-0.1, -0.05) is 0 Å². The zero-order valence-electron chi connectivity index (χ0n) is 14.2. The van der Waals surface area contributed by atoms with E-state index in [1.54, 1.807) is 0 Å². The number of nitrogens with zero attached hydrogens (tertiary/aromatic N) is 1. The van der Waals surface area contributed by atoms with Crippen molar-refractivity contribution >= 4 is 23.2 Å². The van der Waals surface area contributed by atoms with Crippen LogP contribution in [-0.4, -0.2) is 61.8 Å². The molecule has 136 valence electrons. The number of carbonyl (C=O) groups excluding carboxylic acids is 2. The van der Waals surface area contributed by atoms with Crippen LogP contribution in [0.3, 0.4) is 0 Å². The van der Waals surface area contributed by atoms with Crippen LogP contribution >= 0.6 is 11.3 Å². The average molecular weight is 364 g/mol. The van der Waals surface area contributed by atoms with E-state index in [0.717, 1.165) is 32.5 Å². The molecule has 3 fully saturated rings. The molecule has 1 aromatic rings. The van der Waals surface area contributed by atoms with Crippen molar-refractivity contribution < 1.29 is 19.1 Å². The first-order chi connectivity index (χ1) is 12.2. The summed E-state index contributed by atoms with van der Waals surface area (Å²) in [5, 5.41) is 6.86. The van der Waals surface area contributed by atoms with Gasteiger partial charge in [-0.15, -0.1) is 0 Å². The third-order valence-corrected chi connectivity index (χ3v) is 6.25. The largest absolute Gasteiger partial charge is 0.381 e. The number of carbonyl (C=O) groups is 2. The Morgan fingerprint density at radius 3 is 2.84 bits per heavy atom. The number of hydrogen-bond donors (Lipinski definition) is 1. The van der Waals surface area contributed by atoms with E-state index in [4.69, 9.17) is 9.47 Å². The van der Waals surface area contributed by atoms with Gasteiger partial charge in [0.15, 0.2) is 0 Å². The number of hydrogen-bond acceptors (Lipinski definition) is 5. The van der Waals surface area contributed by atoms with Gasteiger partial charge in [0.25, 0.3) is 5.91 Å². The van der Waals surface area contributed by atoms with Crippen LogP contribution < -0.4 is 5.32 Å². The van der Waals surface area contributed by atoms with Gasteiger partial charge >= 0.3 is 0 Å². The molecule has 0 spiro atoms.